The van der Waals surface area contributed by atoms with Crippen molar-refractivity contribution in [3.63, 3.8) is 0 Å². The average Bonchev–Trinajstić information content (AvgIpc) is 2.85. The van der Waals surface area contributed by atoms with Gasteiger partial charge in [-0.15, -0.1) is 0 Å². The second-order valence-corrected chi connectivity index (χ2v) is 6.90. The lowest BCUT2D eigenvalue weighted by atomic mass is 10.2. The van der Waals surface area contributed by atoms with Crippen molar-refractivity contribution in [2.24, 2.45) is 0 Å². The number of rotatable bonds is 5. The molecule has 2 heterocycles. The van der Waals surface area contributed by atoms with Gasteiger partial charge in [0.2, 0.25) is 0 Å². The Bertz CT molecular complexity index is 300. The molecule has 2 atom stereocenters. The van der Waals surface area contributed by atoms with Gasteiger partial charge in [0.1, 0.15) is 0 Å². The summed E-state index contributed by atoms with van der Waals surface area (Å²) >= 11 is 0. The van der Waals surface area contributed by atoms with Crippen molar-refractivity contribution in [2.45, 2.75) is 44.3 Å². The summed E-state index contributed by atoms with van der Waals surface area (Å²) in [4.78, 5) is 0. The fourth-order valence-electron chi connectivity index (χ4n) is 2.33. The third-order valence-corrected chi connectivity index (χ3v) is 4.98. The Morgan fingerprint density at radius 1 is 1.00 bits per heavy atom. The zero-order valence-electron chi connectivity index (χ0n) is 9.56. The molecule has 0 unspecified atom stereocenters. The number of hydrogen-bond donors (Lipinski definition) is 0. The van der Waals surface area contributed by atoms with Crippen LogP contribution in [-0.2, 0) is 19.3 Å². The van der Waals surface area contributed by atoms with Crippen LogP contribution in [0.2, 0.25) is 0 Å². The molecule has 94 valence electrons. The topological polar surface area (TPSA) is 52.6 Å². The molecule has 0 N–H and O–H groups in total. The SMILES string of the molecule is O=S(=O)(CC[C@H]1CCCO1)C[C@H]1CCCO1. The van der Waals surface area contributed by atoms with Crippen LogP contribution < -0.4 is 0 Å². The van der Waals surface area contributed by atoms with Crippen LogP contribution >= 0.6 is 0 Å². The quantitative estimate of drug-likeness (QED) is 0.732. The molecular formula is C11H20O4S. The highest BCUT2D eigenvalue weighted by Crippen LogP contribution is 2.18. The lowest BCUT2D eigenvalue weighted by Crippen LogP contribution is -2.24. The lowest BCUT2D eigenvalue weighted by Gasteiger charge is -2.12. The Labute approximate surface area is 97.2 Å². The van der Waals surface area contributed by atoms with Gasteiger partial charge in [0.05, 0.1) is 23.7 Å². The van der Waals surface area contributed by atoms with Crippen LogP contribution in [0.1, 0.15) is 32.1 Å². The van der Waals surface area contributed by atoms with Gasteiger partial charge < -0.3 is 9.47 Å². The fourth-order valence-corrected chi connectivity index (χ4v) is 3.94. The molecule has 4 nitrogen and oxygen atoms in total. The van der Waals surface area contributed by atoms with Gasteiger partial charge in [-0.1, -0.05) is 0 Å². The van der Waals surface area contributed by atoms with Crippen molar-refractivity contribution in [1.82, 2.24) is 0 Å². The zero-order chi connectivity index (χ0) is 11.4. The summed E-state index contributed by atoms with van der Waals surface area (Å²) in [7, 11) is -2.96. The standard InChI is InChI=1S/C11H20O4S/c12-16(13,9-11-4-2-7-15-11)8-5-10-3-1-6-14-10/h10-11H,1-9H2/t10-,11-/m1/s1. The highest BCUT2D eigenvalue weighted by Gasteiger charge is 2.25. The maximum absolute atomic E-state index is 11.8. The molecule has 0 aromatic carbocycles. The smallest absolute Gasteiger partial charge is 0.152 e. The largest absolute Gasteiger partial charge is 0.378 e. The van der Waals surface area contributed by atoms with E-state index in [9.17, 15) is 8.42 Å². The van der Waals surface area contributed by atoms with E-state index in [1.807, 2.05) is 0 Å². The van der Waals surface area contributed by atoms with E-state index in [4.69, 9.17) is 9.47 Å². The first kappa shape index (κ1) is 12.3. The number of sulfone groups is 1. The first-order valence-electron chi connectivity index (χ1n) is 6.09. The van der Waals surface area contributed by atoms with Crippen molar-refractivity contribution >= 4 is 9.84 Å². The molecular weight excluding hydrogens is 228 g/mol. The van der Waals surface area contributed by atoms with E-state index in [0.29, 0.717) is 13.0 Å². The highest BCUT2D eigenvalue weighted by molar-refractivity contribution is 7.91. The van der Waals surface area contributed by atoms with Crippen LogP contribution in [0.15, 0.2) is 0 Å². The molecule has 2 rings (SSSR count). The van der Waals surface area contributed by atoms with Gasteiger partial charge in [-0.2, -0.15) is 0 Å². The third-order valence-electron chi connectivity index (χ3n) is 3.24. The second kappa shape index (κ2) is 5.47. The molecule has 2 aliphatic heterocycles. The van der Waals surface area contributed by atoms with Gasteiger partial charge in [0.25, 0.3) is 0 Å². The third kappa shape index (κ3) is 3.71. The normalized spacial score (nSPS) is 31.0. The monoisotopic (exact) mass is 248 g/mol. The molecule has 0 aliphatic carbocycles. The summed E-state index contributed by atoms with van der Waals surface area (Å²) in [5.41, 5.74) is 0. The van der Waals surface area contributed by atoms with Gasteiger partial charge in [0, 0.05) is 13.2 Å². The first-order valence-corrected chi connectivity index (χ1v) is 7.91. The predicted molar refractivity (Wildman–Crippen MR) is 61.2 cm³/mol. The second-order valence-electron chi connectivity index (χ2n) is 4.67. The molecule has 16 heavy (non-hydrogen) atoms. The first-order chi connectivity index (χ1) is 7.66. The van der Waals surface area contributed by atoms with E-state index in [1.54, 1.807) is 0 Å². The van der Waals surface area contributed by atoms with Gasteiger partial charge in [0.15, 0.2) is 9.84 Å². The molecule has 2 fully saturated rings. The highest BCUT2D eigenvalue weighted by atomic mass is 32.2. The van der Waals surface area contributed by atoms with Gasteiger partial charge in [-0.25, -0.2) is 8.42 Å². The Morgan fingerprint density at radius 2 is 1.62 bits per heavy atom. The molecule has 2 saturated heterocycles. The minimum atomic E-state index is -2.96. The van der Waals surface area contributed by atoms with Crippen LogP contribution in [-0.4, -0.2) is 45.3 Å². The molecule has 2 aliphatic rings. The molecule has 0 spiro atoms. The minimum Gasteiger partial charge on any atom is -0.378 e. The molecule has 0 amide bonds. The Balaban J connectivity index is 1.73. The summed E-state index contributed by atoms with van der Waals surface area (Å²) in [6.45, 7) is 1.50. The number of ether oxygens (including phenoxy) is 2. The molecule has 0 bridgehead atoms. The van der Waals surface area contributed by atoms with Crippen molar-refractivity contribution in [3.8, 4) is 0 Å². The summed E-state index contributed by atoms with van der Waals surface area (Å²) in [5, 5.41) is 0. The Hall–Kier alpha value is -0.130. The van der Waals surface area contributed by atoms with E-state index < -0.39 is 9.84 Å². The maximum Gasteiger partial charge on any atom is 0.152 e. The van der Waals surface area contributed by atoms with Crippen molar-refractivity contribution in [2.75, 3.05) is 24.7 Å². The summed E-state index contributed by atoms with van der Waals surface area (Å²) < 4.78 is 34.4. The summed E-state index contributed by atoms with van der Waals surface area (Å²) in [6, 6.07) is 0. The van der Waals surface area contributed by atoms with Crippen LogP contribution in [0.3, 0.4) is 0 Å². The summed E-state index contributed by atoms with van der Waals surface area (Å²) in [5.74, 6) is 0.442. The van der Waals surface area contributed by atoms with Crippen LogP contribution in [0.25, 0.3) is 0 Å². The van der Waals surface area contributed by atoms with Gasteiger partial charge in [-0.05, 0) is 32.1 Å². The van der Waals surface area contributed by atoms with Crippen LogP contribution in [0, 0.1) is 0 Å². The maximum atomic E-state index is 11.8. The number of hydrogen-bond acceptors (Lipinski definition) is 4. The van der Waals surface area contributed by atoms with Crippen molar-refractivity contribution in [3.05, 3.63) is 0 Å². The fraction of sp³-hybridized carbons (Fsp3) is 1.00. The molecule has 5 heteroatoms. The molecule has 0 aromatic rings. The van der Waals surface area contributed by atoms with E-state index in [-0.39, 0.29) is 23.7 Å². The Morgan fingerprint density at radius 3 is 2.19 bits per heavy atom. The molecule has 0 radical (unpaired) electrons. The zero-order valence-corrected chi connectivity index (χ0v) is 10.4. The summed E-state index contributed by atoms with van der Waals surface area (Å²) in [6.07, 6.45) is 4.71. The van der Waals surface area contributed by atoms with E-state index in [2.05, 4.69) is 0 Å². The molecule has 0 aromatic heterocycles. The van der Waals surface area contributed by atoms with Crippen LogP contribution in [0.4, 0.5) is 0 Å². The van der Waals surface area contributed by atoms with Gasteiger partial charge >= 0.3 is 0 Å². The minimum absolute atomic E-state index is 0.0607. The van der Waals surface area contributed by atoms with Gasteiger partial charge in [-0.3, -0.25) is 0 Å². The average molecular weight is 248 g/mol. The van der Waals surface area contributed by atoms with Crippen LogP contribution in [0.5, 0.6) is 0 Å². The predicted octanol–water partition coefficient (Wildman–Crippen LogP) is 1.15. The van der Waals surface area contributed by atoms with E-state index >= 15 is 0 Å². The van der Waals surface area contributed by atoms with Crippen molar-refractivity contribution < 1.29 is 17.9 Å². The van der Waals surface area contributed by atoms with E-state index in [0.717, 1.165) is 32.3 Å². The lowest BCUT2D eigenvalue weighted by molar-refractivity contribution is 0.108. The molecule has 0 saturated carbocycles. The van der Waals surface area contributed by atoms with E-state index in [1.165, 1.54) is 0 Å². The van der Waals surface area contributed by atoms with Crippen molar-refractivity contribution in [1.29, 1.82) is 0 Å². The Kier molecular flexibility index (Phi) is 4.21.